The van der Waals surface area contributed by atoms with Gasteiger partial charge in [0.15, 0.2) is 0 Å². The van der Waals surface area contributed by atoms with E-state index in [1.165, 1.54) is 18.2 Å². The maximum absolute atomic E-state index is 11.9. The zero-order valence-electron chi connectivity index (χ0n) is 9.90. The molecule has 1 aliphatic carbocycles. The molecule has 7 heteroatoms. The van der Waals surface area contributed by atoms with Crippen LogP contribution < -0.4 is 16.6 Å². The summed E-state index contributed by atoms with van der Waals surface area (Å²) < 4.78 is 0. The zero-order valence-corrected chi connectivity index (χ0v) is 9.90. The van der Waals surface area contributed by atoms with Gasteiger partial charge in [0.2, 0.25) is 0 Å². The highest BCUT2D eigenvalue weighted by molar-refractivity contribution is 5.96. The van der Waals surface area contributed by atoms with Crippen molar-refractivity contribution in [1.29, 1.82) is 0 Å². The van der Waals surface area contributed by atoms with Crippen molar-refractivity contribution in [3.05, 3.63) is 33.9 Å². The summed E-state index contributed by atoms with van der Waals surface area (Å²) in [6.45, 7) is 1.96. The van der Waals surface area contributed by atoms with E-state index in [4.69, 9.17) is 5.84 Å². The number of hydrazine groups is 1. The summed E-state index contributed by atoms with van der Waals surface area (Å²) in [5.74, 6) is 4.96. The van der Waals surface area contributed by atoms with E-state index >= 15 is 0 Å². The van der Waals surface area contributed by atoms with Crippen LogP contribution in [-0.2, 0) is 0 Å². The van der Waals surface area contributed by atoms with E-state index in [9.17, 15) is 14.9 Å². The van der Waals surface area contributed by atoms with E-state index in [1.807, 2.05) is 6.92 Å². The first kappa shape index (κ1) is 12.3. The van der Waals surface area contributed by atoms with Crippen molar-refractivity contribution in [2.45, 2.75) is 25.3 Å². The van der Waals surface area contributed by atoms with E-state index in [0.29, 0.717) is 5.56 Å². The van der Waals surface area contributed by atoms with Crippen LogP contribution in [0.2, 0.25) is 0 Å². The Morgan fingerprint density at radius 3 is 2.67 bits per heavy atom. The number of amides is 1. The van der Waals surface area contributed by atoms with Crippen molar-refractivity contribution >= 4 is 17.3 Å². The minimum Gasteiger partial charge on any atom is -0.347 e. The largest absolute Gasteiger partial charge is 0.347 e. The van der Waals surface area contributed by atoms with Crippen LogP contribution in [0, 0.1) is 10.1 Å². The number of nitrogens with two attached hydrogens (primary N) is 1. The van der Waals surface area contributed by atoms with Gasteiger partial charge in [-0.3, -0.25) is 20.8 Å². The lowest BCUT2D eigenvalue weighted by molar-refractivity contribution is -0.384. The predicted molar refractivity (Wildman–Crippen MR) is 66.0 cm³/mol. The summed E-state index contributed by atoms with van der Waals surface area (Å²) in [6.07, 6.45) is 1.90. The van der Waals surface area contributed by atoms with Crippen molar-refractivity contribution in [3.8, 4) is 0 Å². The Hall–Kier alpha value is -2.15. The summed E-state index contributed by atoms with van der Waals surface area (Å²) in [6, 6.07) is 4.05. The number of nitrogens with zero attached hydrogens (tertiary/aromatic N) is 1. The number of benzene rings is 1. The van der Waals surface area contributed by atoms with Gasteiger partial charge in [0, 0.05) is 17.2 Å². The monoisotopic (exact) mass is 250 g/mol. The second-order valence-electron chi connectivity index (χ2n) is 4.65. The lowest BCUT2D eigenvalue weighted by Crippen LogP contribution is -2.34. The Morgan fingerprint density at radius 1 is 1.50 bits per heavy atom. The third-order valence-electron chi connectivity index (χ3n) is 3.03. The summed E-state index contributed by atoms with van der Waals surface area (Å²) in [7, 11) is 0. The fourth-order valence-electron chi connectivity index (χ4n) is 1.61. The highest BCUT2D eigenvalue weighted by atomic mass is 16.6. The Bertz CT molecular complexity index is 511. The maximum atomic E-state index is 11.9. The molecule has 0 unspecified atom stereocenters. The van der Waals surface area contributed by atoms with Gasteiger partial charge in [-0.05, 0) is 31.9 Å². The standard InChI is InChI=1S/C11H14N4O3/c1-11(4-5-11)13-10(16)7-2-3-9(15(17)18)8(6-7)14-12/h2-3,6,14H,4-5,12H2,1H3,(H,13,16). The minimum atomic E-state index is -0.556. The molecule has 18 heavy (non-hydrogen) atoms. The quantitative estimate of drug-likeness (QED) is 0.422. The SMILES string of the molecule is CC1(NC(=O)c2ccc([N+](=O)[O-])c(NN)c2)CC1. The number of hydrogen-bond donors (Lipinski definition) is 3. The molecule has 0 bridgehead atoms. The van der Waals surface area contributed by atoms with Gasteiger partial charge < -0.3 is 10.7 Å². The van der Waals surface area contributed by atoms with E-state index in [2.05, 4.69) is 10.7 Å². The predicted octanol–water partition coefficient (Wildman–Crippen LogP) is 1.16. The zero-order chi connectivity index (χ0) is 13.3. The van der Waals surface area contributed by atoms with Gasteiger partial charge in [0.25, 0.3) is 11.6 Å². The van der Waals surface area contributed by atoms with Crippen molar-refractivity contribution in [1.82, 2.24) is 5.32 Å². The van der Waals surface area contributed by atoms with E-state index in [-0.39, 0.29) is 22.8 Å². The Balaban J connectivity index is 2.23. The number of rotatable bonds is 4. The van der Waals surface area contributed by atoms with Crippen LogP contribution >= 0.6 is 0 Å². The number of carbonyl (C=O) groups is 1. The van der Waals surface area contributed by atoms with Crippen molar-refractivity contribution in [2.24, 2.45) is 5.84 Å². The molecule has 96 valence electrons. The van der Waals surface area contributed by atoms with Crippen molar-refractivity contribution in [3.63, 3.8) is 0 Å². The number of carbonyl (C=O) groups excluding carboxylic acids is 1. The van der Waals surface area contributed by atoms with E-state index in [1.54, 1.807) is 0 Å². The van der Waals surface area contributed by atoms with Crippen LogP contribution in [0.5, 0.6) is 0 Å². The summed E-state index contributed by atoms with van der Waals surface area (Å²) in [5.41, 5.74) is 2.41. The Morgan fingerprint density at radius 2 is 2.17 bits per heavy atom. The highest BCUT2D eigenvalue weighted by Crippen LogP contribution is 2.34. The van der Waals surface area contributed by atoms with Gasteiger partial charge in [-0.2, -0.15) is 0 Å². The molecule has 0 aliphatic heterocycles. The van der Waals surface area contributed by atoms with Gasteiger partial charge in [-0.1, -0.05) is 0 Å². The van der Waals surface area contributed by atoms with Crippen LogP contribution in [-0.4, -0.2) is 16.4 Å². The Kier molecular flexibility index (Phi) is 2.92. The summed E-state index contributed by atoms with van der Waals surface area (Å²) in [4.78, 5) is 22.1. The lowest BCUT2D eigenvalue weighted by atomic mass is 10.1. The van der Waals surface area contributed by atoms with Crippen LogP contribution in [0.4, 0.5) is 11.4 Å². The molecule has 0 spiro atoms. The molecule has 7 nitrogen and oxygen atoms in total. The normalized spacial score (nSPS) is 15.9. The topological polar surface area (TPSA) is 110 Å². The highest BCUT2D eigenvalue weighted by Gasteiger charge is 2.38. The molecule has 0 aromatic heterocycles. The number of nitro benzene ring substituents is 1. The first-order chi connectivity index (χ1) is 8.45. The molecule has 1 amide bonds. The summed E-state index contributed by atoms with van der Waals surface area (Å²) >= 11 is 0. The van der Waals surface area contributed by atoms with Gasteiger partial charge in [-0.25, -0.2) is 0 Å². The van der Waals surface area contributed by atoms with Crippen LogP contribution in [0.15, 0.2) is 18.2 Å². The fraction of sp³-hybridized carbons (Fsp3) is 0.364. The number of nitro groups is 1. The van der Waals surface area contributed by atoms with Gasteiger partial charge in [0.05, 0.1) is 4.92 Å². The molecule has 1 aromatic carbocycles. The first-order valence-electron chi connectivity index (χ1n) is 5.53. The van der Waals surface area contributed by atoms with E-state index in [0.717, 1.165) is 12.8 Å². The number of nitrogen functional groups attached to an aromatic ring is 1. The average molecular weight is 250 g/mol. The molecule has 1 aliphatic rings. The molecule has 1 aromatic rings. The van der Waals surface area contributed by atoms with Gasteiger partial charge in [-0.15, -0.1) is 0 Å². The molecule has 4 N–H and O–H groups in total. The maximum Gasteiger partial charge on any atom is 0.293 e. The molecular formula is C11H14N4O3. The molecule has 2 rings (SSSR count). The first-order valence-corrected chi connectivity index (χ1v) is 5.53. The van der Waals surface area contributed by atoms with Crippen LogP contribution in [0.3, 0.4) is 0 Å². The second-order valence-corrected chi connectivity index (χ2v) is 4.65. The van der Waals surface area contributed by atoms with E-state index < -0.39 is 4.92 Å². The lowest BCUT2D eigenvalue weighted by Gasteiger charge is -2.12. The fourth-order valence-corrected chi connectivity index (χ4v) is 1.61. The van der Waals surface area contributed by atoms with Crippen LogP contribution in [0.25, 0.3) is 0 Å². The minimum absolute atomic E-state index is 0.119. The molecule has 1 saturated carbocycles. The number of hydrogen-bond acceptors (Lipinski definition) is 5. The molecular weight excluding hydrogens is 236 g/mol. The molecule has 1 fully saturated rings. The van der Waals surface area contributed by atoms with Crippen molar-refractivity contribution < 1.29 is 9.72 Å². The van der Waals surface area contributed by atoms with Crippen molar-refractivity contribution in [2.75, 3.05) is 5.43 Å². The third-order valence-corrected chi connectivity index (χ3v) is 3.03. The Labute approximate surface area is 103 Å². The average Bonchev–Trinajstić information content (AvgIpc) is 3.05. The number of anilines is 1. The molecule has 0 atom stereocenters. The molecule has 0 saturated heterocycles. The van der Waals surface area contributed by atoms with Gasteiger partial charge >= 0.3 is 0 Å². The number of nitrogens with one attached hydrogen (secondary N) is 2. The smallest absolute Gasteiger partial charge is 0.293 e. The molecule has 0 radical (unpaired) electrons. The summed E-state index contributed by atoms with van der Waals surface area (Å²) in [5, 5.41) is 13.6. The van der Waals surface area contributed by atoms with Gasteiger partial charge in [0.1, 0.15) is 5.69 Å². The third kappa shape index (κ3) is 2.40. The van der Waals surface area contributed by atoms with Crippen LogP contribution in [0.1, 0.15) is 30.1 Å². The molecule has 0 heterocycles. The second kappa shape index (κ2) is 4.26.